The predicted molar refractivity (Wildman–Crippen MR) is 98.6 cm³/mol. The summed E-state index contributed by atoms with van der Waals surface area (Å²) < 4.78 is 1.97. The number of aromatic nitrogens is 2. The third kappa shape index (κ3) is 6.67. The SMILES string of the molecule is CCN1CCC(n2nccc2NC(=O)CCC(C)N)CC1.Cl.Cl. The lowest BCUT2D eigenvalue weighted by Gasteiger charge is -2.31. The van der Waals surface area contributed by atoms with Gasteiger partial charge in [-0.15, -0.1) is 24.8 Å². The molecule has 6 nitrogen and oxygen atoms in total. The van der Waals surface area contributed by atoms with Crippen LogP contribution in [0, 0.1) is 0 Å². The zero-order valence-corrected chi connectivity index (χ0v) is 15.5. The number of nitrogens with two attached hydrogens (primary N) is 1. The molecule has 2 rings (SSSR count). The quantitative estimate of drug-likeness (QED) is 0.811. The van der Waals surface area contributed by atoms with Crippen molar-refractivity contribution in [2.75, 3.05) is 25.0 Å². The van der Waals surface area contributed by atoms with Gasteiger partial charge in [0.25, 0.3) is 0 Å². The van der Waals surface area contributed by atoms with E-state index in [1.807, 2.05) is 17.7 Å². The van der Waals surface area contributed by atoms with Crippen LogP contribution >= 0.6 is 24.8 Å². The van der Waals surface area contributed by atoms with Crippen LogP contribution in [-0.4, -0.2) is 46.3 Å². The fraction of sp³-hybridized carbons (Fsp3) is 0.733. The van der Waals surface area contributed by atoms with Crippen molar-refractivity contribution in [3.63, 3.8) is 0 Å². The summed E-state index contributed by atoms with van der Waals surface area (Å²) in [7, 11) is 0. The number of amides is 1. The third-order valence-corrected chi connectivity index (χ3v) is 4.11. The van der Waals surface area contributed by atoms with E-state index in [1.165, 1.54) is 0 Å². The summed E-state index contributed by atoms with van der Waals surface area (Å²) in [6, 6.07) is 2.31. The molecule has 0 radical (unpaired) electrons. The molecule has 0 aromatic carbocycles. The molecule has 1 unspecified atom stereocenters. The Hall–Kier alpha value is -0.820. The Kier molecular flexibility index (Phi) is 10.5. The molecule has 134 valence electrons. The highest BCUT2D eigenvalue weighted by Crippen LogP contribution is 2.25. The molecule has 2 heterocycles. The third-order valence-electron chi connectivity index (χ3n) is 4.11. The van der Waals surface area contributed by atoms with Crippen molar-refractivity contribution in [3.05, 3.63) is 12.3 Å². The van der Waals surface area contributed by atoms with Crippen LogP contribution in [-0.2, 0) is 4.79 Å². The molecule has 1 fully saturated rings. The Morgan fingerprint density at radius 3 is 2.65 bits per heavy atom. The van der Waals surface area contributed by atoms with Crippen molar-refractivity contribution in [1.29, 1.82) is 0 Å². The van der Waals surface area contributed by atoms with E-state index in [1.54, 1.807) is 6.20 Å². The number of anilines is 1. The average molecular weight is 366 g/mol. The molecular formula is C15H29Cl2N5O. The van der Waals surface area contributed by atoms with Crippen LogP contribution in [0.15, 0.2) is 12.3 Å². The summed E-state index contributed by atoms with van der Waals surface area (Å²) in [4.78, 5) is 14.4. The Bertz CT molecular complexity index is 458. The van der Waals surface area contributed by atoms with Gasteiger partial charge in [-0.3, -0.25) is 4.79 Å². The molecule has 1 amide bonds. The van der Waals surface area contributed by atoms with Gasteiger partial charge in [-0.2, -0.15) is 5.10 Å². The molecule has 0 aliphatic carbocycles. The number of piperidine rings is 1. The summed E-state index contributed by atoms with van der Waals surface area (Å²) in [6.07, 6.45) is 5.08. The summed E-state index contributed by atoms with van der Waals surface area (Å²) in [5.74, 6) is 0.819. The van der Waals surface area contributed by atoms with Crippen LogP contribution in [0.2, 0.25) is 0 Å². The summed E-state index contributed by atoms with van der Waals surface area (Å²) in [6.45, 7) is 7.41. The zero-order valence-electron chi connectivity index (χ0n) is 13.9. The van der Waals surface area contributed by atoms with Crippen LogP contribution in [0.1, 0.15) is 45.6 Å². The number of nitrogens with one attached hydrogen (secondary N) is 1. The van der Waals surface area contributed by atoms with E-state index in [0.29, 0.717) is 18.9 Å². The number of halogens is 2. The molecule has 3 N–H and O–H groups in total. The van der Waals surface area contributed by atoms with Gasteiger partial charge in [0.1, 0.15) is 5.82 Å². The minimum Gasteiger partial charge on any atom is -0.328 e. The highest BCUT2D eigenvalue weighted by Gasteiger charge is 2.22. The molecule has 0 saturated carbocycles. The number of hydrogen-bond donors (Lipinski definition) is 2. The van der Waals surface area contributed by atoms with E-state index in [0.717, 1.165) is 38.3 Å². The molecule has 1 saturated heterocycles. The number of nitrogens with zero attached hydrogens (tertiary/aromatic N) is 3. The summed E-state index contributed by atoms with van der Waals surface area (Å²) >= 11 is 0. The molecule has 1 aromatic rings. The van der Waals surface area contributed by atoms with Crippen molar-refractivity contribution in [3.8, 4) is 0 Å². The van der Waals surface area contributed by atoms with Crippen molar-refractivity contribution in [1.82, 2.24) is 14.7 Å². The Labute approximate surface area is 151 Å². The summed E-state index contributed by atoms with van der Waals surface area (Å²) in [5, 5.41) is 7.36. The molecule has 1 aliphatic heterocycles. The Balaban J connectivity index is 0.00000242. The number of carbonyl (C=O) groups excluding carboxylic acids is 1. The molecule has 0 bridgehead atoms. The van der Waals surface area contributed by atoms with Crippen molar-refractivity contribution < 1.29 is 4.79 Å². The fourth-order valence-electron chi connectivity index (χ4n) is 2.75. The van der Waals surface area contributed by atoms with E-state index in [-0.39, 0.29) is 36.8 Å². The number of rotatable bonds is 6. The second kappa shape index (κ2) is 10.9. The van der Waals surface area contributed by atoms with Crippen molar-refractivity contribution in [2.24, 2.45) is 5.73 Å². The van der Waals surface area contributed by atoms with Crippen molar-refractivity contribution >= 4 is 36.5 Å². The minimum absolute atomic E-state index is 0. The van der Waals surface area contributed by atoms with Crippen LogP contribution < -0.4 is 11.1 Å². The first-order chi connectivity index (χ1) is 10.1. The largest absolute Gasteiger partial charge is 0.328 e. The van der Waals surface area contributed by atoms with Crippen LogP contribution in [0.3, 0.4) is 0 Å². The van der Waals surface area contributed by atoms with Crippen LogP contribution in [0.5, 0.6) is 0 Å². The molecular weight excluding hydrogens is 337 g/mol. The smallest absolute Gasteiger partial charge is 0.225 e. The lowest BCUT2D eigenvalue weighted by atomic mass is 10.1. The second-order valence-electron chi connectivity index (χ2n) is 5.89. The number of carbonyl (C=O) groups is 1. The standard InChI is InChI=1S/C15H27N5O.2ClH/c1-3-19-10-7-13(8-11-19)20-14(6-9-17-20)18-15(21)5-4-12(2)16;;/h6,9,12-13H,3-5,7-8,10-11,16H2,1-2H3,(H,18,21);2*1H. The van der Waals surface area contributed by atoms with Crippen molar-refractivity contribution in [2.45, 2.75) is 51.6 Å². The molecule has 1 aliphatic rings. The van der Waals surface area contributed by atoms with Gasteiger partial charge in [-0.25, -0.2) is 4.68 Å². The lowest BCUT2D eigenvalue weighted by molar-refractivity contribution is -0.116. The van der Waals surface area contributed by atoms with Gasteiger partial charge in [0.05, 0.1) is 12.2 Å². The molecule has 1 atom stereocenters. The van der Waals surface area contributed by atoms with E-state index in [4.69, 9.17) is 5.73 Å². The Morgan fingerprint density at radius 1 is 1.43 bits per heavy atom. The van der Waals surface area contributed by atoms with E-state index >= 15 is 0 Å². The molecule has 8 heteroatoms. The average Bonchev–Trinajstić information content (AvgIpc) is 2.93. The topological polar surface area (TPSA) is 76.2 Å². The maximum absolute atomic E-state index is 11.9. The van der Waals surface area contributed by atoms with Gasteiger partial charge in [0.2, 0.25) is 5.91 Å². The normalized spacial score (nSPS) is 17.0. The lowest BCUT2D eigenvalue weighted by Crippen LogP contribution is -2.35. The van der Waals surface area contributed by atoms with Crippen LogP contribution in [0.4, 0.5) is 5.82 Å². The van der Waals surface area contributed by atoms with Gasteiger partial charge >= 0.3 is 0 Å². The van der Waals surface area contributed by atoms with E-state index in [9.17, 15) is 4.79 Å². The zero-order chi connectivity index (χ0) is 15.2. The maximum atomic E-state index is 11.9. The molecule has 23 heavy (non-hydrogen) atoms. The fourth-order valence-corrected chi connectivity index (χ4v) is 2.75. The molecule has 1 aromatic heterocycles. The highest BCUT2D eigenvalue weighted by molar-refractivity contribution is 5.89. The summed E-state index contributed by atoms with van der Waals surface area (Å²) in [5.41, 5.74) is 5.68. The second-order valence-corrected chi connectivity index (χ2v) is 5.89. The monoisotopic (exact) mass is 365 g/mol. The first-order valence-corrected chi connectivity index (χ1v) is 7.91. The first kappa shape index (κ1) is 22.2. The van der Waals surface area contributed by atoms with Gasteiger partial charge in [0.15, 0.2) is 0 Å². The van der Waals surface area contributed by atoms with Gasteiger partial charge in [-0.1, -0.05) is 6.92 Å². The first-order valence-electron chi connectivity index (χ1n) is 7.91. The maximum Gasteiger partial charge on any atom is 0.225 e. The van der Waals surface area contributed by atoms with Gasteiger partial charge in [0, 0.05) is 31.6 Å². The highest BCUT2D eigenvalue weighted by atomic mass is 35.5. The van der Waals surface area contributed by atoms with Gasteiger partial charge < -0.3 is 16.0 Å². The Morgan fingerprint density at radius 2 is 2.09 bits per heavy atom. The number of likely N-dealkylation sites (tertiary alicyclic amines) is 1. The van der Waals surface area contributed by atoms with Crippen LogP contribution in [0.25, 0.3) is 0 Å². The predicted octanol–water partition coefficient (Wildman–Crippen LogP) is 2.45. The number of hydrogen-bond acceptors (Lipinski definition) is 4. The van der Waals surface area contributed by atoms with Gasteiger partial charge in [-0.05, 0) is 32.7 Å². The molecule has 0 spiro atoms. The van der Waals surface area contributed by atoms with E-state index < -0.39 is 0 Å². The van der Waals surface area contributed by atoms with E-state index in [2.05, 4.69) is 22.2 Å². The minimum atomic E-state index is 0.